The number of thioether (sulfide) groups is 1. The molecule has 0 spiro atoms. The van der Waals surface area contributed by atoms with Gasteiger partial charge in [0.15, 0.2) is 12.2 Å². The number of carbonyl (C=O) groups excluding carboxylic acids is 8. The molecule has 1 aromatic heterocycles. The molecular formula is C35H39ClFN3O16S. The van der Waals surface area contributed by atoms with Gasteiger partial charge in [0.1, 0.15) is 24.0 Å². The lowest BCUT2D eigenvalue weighted by Gasteiger charge is -2.43. The van der Waals surface area contributed by atoms with Crippen molar-refractivity contribution in [2.75, 3.05) is 19.7 Å². The zero-order valence-corrected chi connectivity index (χ0v) is 32.7. The number of likely N-dealkylation sites (tertiary alicyclic amines) is 1. The molecule has 4 amide bonds. The van der Waals surface area contributed by atoms with Gasteiger partial charge in [-0.15, -0.1) is 0 Å². The van der Waals surface area contributed by atoms with E-state index < -0.39 is 101 Å². The summed E-state index contributed by atoms with van der Waals surface area (Å²) in [5, 5.41) is 3.59. The number of alkyl halides is 1. The fourth-order valence-electron chi connectivity index (χ4n) is 5.87. The summed E-state index contributed by atoms with van der Waals surface area (Å²) in [6.45, 7) is 4.94. The van der Waals surface area contributed by atoms with Crippen molar-refractivity contribution in [3.63, 3.8) is 0 Å². The predicted octanol–water partition coefficient (Wildman–Crippen LogP) is 1.67. The summed E-state index contributed by atoms with van der Waals surface area (Å²) in [6, 6.07) is 3.34. The highest BCUT2D eigenvalue weighted by Gasteiger charge is 2.53. The van der Waals surface area contributed by atoms with Crippen LogP contribution in [0.1, 0.15) is 64.2 Å². The van der Waals surface area contributed by atoms with Gasteiger partial charge in [0.25, 0.3) is 5.91 Å². The predicted molar refractivity (Wildman–Crippen MR) is 193 cm³/mol. The Balaban J connectivity index is 1.49. The molecule has 2 aromatic rings. The maximum absolute atomic E-state index is 14.0. The van der Waals surface area contributed by atoms with Crippen molar-refractivity contribution in [1.29, 1.82) is 0 Å². The highest BCUT2D eigenvalue weighted by Crippen LogP contribution is 2.36. The zero-order chi connectivity index (χ0) is 42.1. The van der Waals surface area contributed by atoms with Crippen LogP contribution < -0.4 is 21.0 Å². The van der Waals surface area contributed by atoms with Gasteiger partial charge in [-0.25, -0.2) is 9.18 Å². The van der Waals surface area contributed by atoms with Crippen LogP contribution in [0.25, 0.3) is 11.0 Å². The molecule has 2 aliphatic rings. The highest BCUT2D eigenvalue weighted by molar-refractivity contribution is 8.01. The molecule has 0 bridgehead atoms. The SMILES string of the molecule is CC(=O)NC(F)SC1CC(=O)N(CCCCNC(=O)c2cc(=O)oc3cc(OC4OC(COC(C)=O)C(OC(C)=O)C(OC(C)=O)C4OC(C)=O)c(Cl)cc23)C1=O. The lowest BCUT2D eigenvalue weighted by Crippen LogP contribution is -2.63. The Hall–Kier alpha value is -5.28. The quantitative estimate of drug-likeness (QED) is 0.0464. The molecule has 2 fully saturated rings. The van der Waals surface area contributed by atoms with Crippen LogP contribution in [0.3, 0.4) is 0 Å². The first-order valence-corrected chi connectivity index (χ1v) is 18.6. The Morgan fingerprint density at radius 3 is 2.19 bits per heavy atom. The molecule has 0 saturated carbocycles. The summed E-state index contributed by atoms with van der Waals surface area (Å²) in [7, 11) is 0. The van der Waals surface area contributed by atoms with E-state index in [9.17, 15) is 47.5 Å². The fourth-order valence-corrected chi connectivity index (χ4v) is 7.09. The van der Waals surface area contributed by atoms with Crippen LogP contribution >= 0.6 is 23.4 Å². The van der Waals surface area contributed by atoms with Crippen LogP contribution in [0.5, 0.6) is 5.75 Å². The van der Waals surface area contributed by atoms with E-state index in [2.05, 4.69) is 5.32 Å². The third-order valence-electron chi connectivity index (χ3n) is 8.13. The number of fused-ring (bicyclic) bond motifs is 1. The van der Waals surface area contributed by atoms with Gasteiger partial charge in [0.05, 0.1) is 15.8 Å². The molecule has 57 heavy (non-hydrogen) atoms. The fraction of sp³-hybridized carbons (Fsp3) is 0.514. The van der Waals surface area contributed by atoms with Gasteiger partial charge in [0, 0.05) is 71.6 Å². The second-order valence-electron chi connectivity index (χ2n) is 12.6. The number of halogens is 2. The van der Waals surface area contributed by atoms with Crippen molar-refractivity contribution < 1.29 is 75.6 Å². The number of benzene rings is 1. The second kappa shape index (κ2) is 19.7. The number of esters is 4. The van der Waals surface area contributed by atoms with Crippen LogP contribution in [0.15, 0.2) is 27.4 Å². The van der Waals surface area contributed by atoms with Gasteiger partial charge in [-0.1, -0.05) is 23.4 Å². The van der Waals surface area contributed by atoms with Crippen LogP contribution in [-0.4, -0.2) is 114 Å². The zero-order valence-electron chi connectivity index (χ0n) is 31.2. The van der Waals surface area contributed by atoms with Gasteiger partial charge in [0.2, 0.25) is 35.7 Å². The van der Waals surface area contributed by atoms with E-state index >= 15 is 0 Å². The van der Waals surface area contributed by atoms with E-state index in [4.69, 9.17) is 44.4 Å². The van der Waals surface area contributed by atoms with Crippen LogP contribution in [0.2, 0.25) is 5.02 Å². The van der Waals surface area contributed by atoms with Crippen molar-refractivity contribution >= 4 is 81.8 Å². The summed E-state index contributed by atoms with van der Waals surface area (Å²) in [5.74, 6) is -5.93. The van der Waals surface area contributed by atoms with E-state index in [1.54, 1.807) is 0 Å². The van der Waals surface area contributed by atoms with Crippen LogP contribution in [-0.2, 0) is 57.2 Å². The minimum absolute atomic E-state index is 0.0114. The molecule has 3 heterocycles. The van der Waals surface area contributed by atoms with Gasteiger partial charge >= 0.3 is 29.5 Å². The summed E-state index contributed by atoms with van der Waals surface area (Å²) < 4.78 is 52.4. The number of carbonyl (C=O) groups is 8. The molecule has 2 saturated heterocycles. The van der Waals surface area contributed by atoms with Gasteiger partial charge in [-0.3, -0.25) is 43.3 Å². The Morgan fingerprint density at radius 2 is 1.56 bits per heavy atom. The molecule has 310 valence electrons. The molecule has 0 radical (unpaired) electrons. The molecule has 0 aliphatic carbocycles. The maximum Gasteiger partial charge on any atom is 0.337 e. The molecular weight excluding hydrogens is 805 g/mol. The maximum atomic E-state index is 14.0. The Labute approximate surface area is 332 Å². The first-order chi connectivity index (χ1) is 26.8. The number of nitrogens with one attached hydrogen (secondary N) is 2. The van der Waals surface area contributed by atoms with E-state index in [1.807, 2.05) is 5.32 Å². The topological polar surface area (TPSA) is 249 Å². The van der Waals surface area contributed by atoms with Crippen LogP contribution in [0, 0.1) is 0 Å². The molecule has 7 atom stereocenters. The highest BCUT2D eigenvalue weighted by atomic mass is 35.5. The van der Waals surface area contributed by atoms with Crippen molar-refractivity contribution in [1.82, 2.24) is 15.5 Å². The summed E-state index contributed by atoms with van der Waals surface area (Å²) in [5.41, 5.74) is -3.09. The number of amides is 4. The first-order valence-electron chi connectivity index (χ1n) is 17.3. The van der Waals surface area contributed by atoms with Crippen molar-refractivity contribution in [2.45, 2.75) is 95.5 Å². The van der Waals surface area contributed by atoms with Gasteiger partial charge in [-0.2, -0.15) is 0 Å². The van der Waals surface area contributed by atoms with E-state index in [0.29, 0.717) is 18.2 Å². The number of unbranched alkanes of at least 4 members (excludes halogenated alkanes) is 1. The van der Waals surface area contributed by atoms with E-state index in [1.165, 1.54) is 6.07 Å². The number of imide groups is 1. The minimum atomic E-state index is -1.85. The van der Waals surface area contributed by atoms with Crippen molar-refractivity contribution in [3.8, 4) is 5.75 Å². The lowest BCUT2D eigenvalue weighted by atomic mass is 9.98. The Kier molecular flexibility index (Phi) is 15.4. The minimum Gasteiger partial charge on any atom is -0.463 e. The second-order valence-corrected chi connectivity index (χ2v) is 14.3. The molecule has 7 unspecified atom stereocenters. The average molecular weight is 844 g/mol. The third-order valence-corrected chi connectivity index (χ3v) is 9.48. The van der Waals surface area contributed by atoms with Crippen LogP contribution in [0.4, 0.5) is 4.39 Å². The van der Waals surface area contributed by atoms with Crippen molar-refractivity contribution in [2.24, 2.45) is 0 Å². The Bertz CT molecular complexity index is 1980. The number of nitrogens with zero attached hydrogens (tertiary/aromatic N) is 1. The monoisotopic (exact) mass is 843 g/mol. The largest absolute Gasteiger partial charge is 0.463 e. The first kappa shape index (κ1) is 44.4. The summed E-state index contributed by atoms with van der Waals surface area (Å²) in [4.78, 5) is 111. The lowest BCUT2D eigenvalue weighted by molar-refractivity contribution is -0.288. The molecule has 2 aliphatic heterocycles. The van der Waals surface area contributed by atoms with E-state index in [-0.39, 0.29) is 53.2 Å². The smallest absolute Gasteiger partial charge is 0.337 e. The Morgan fingerprint density at radius 1 is 0.912 bits per heavy atom. The normalized spacial score (nSPS) is 22.3. The average Bonchev–Trinajstić information content (AvgIpc) is 3.35. The number of rotatable bonds is 16. The third kappa shape index (κ3) is 12.1. The van der Waals surface area contributed by atoms with E-state index in [0.717, 1.165) is 51.7 Å². The number of hydrogen-bond donors (Lipinski definition) is 2. The molecule has 4 rings (SSSR count). The number of hydrogen-bond acceptors (Lipinski definition) is 17. The molecule has 22 heteroatoms. The van der Waals surface area contributed by atoms with Crippen molar-refractivity contribution in [3.05, 3.63) is 39.2 Å². The molecule has 19 nitrogen and oxygen atoms in total. The molecule has 1 aromatic carbocycles. The van der Waals surface area contributed by atoms with Gasteiger partial charge in [-0.05, 0) is 18.9 Å². The summed E-state index contributed by atoms with van der Waals surface area (Å²) >= 11 is 7.11. The molecule has 2 N–H and O–H groups in total. The summed E-state index contributed by atoms with van der Waals surface area (Å²) in [6.07, 6.45) is -7.23. The van der Waals surface area contributed by atoms with Gasteiger partial charge < -0.3 is 43.5 Å². The number of ether oxygens (including phenoxy) is 6. The standard InChI is InChI=1S/C35H39ClFN3O16S/c1-15(41)39-35(37)57-26-13-27(46)40(33(26)49)9-7-6-8-38-32(48)21-11-28(47)54-23-12-24(22(36)10-20(21)23)55-34-31(53-19(5)45)30(52-18(4)44)29(51-17(3)43)25(56-34)14-50-16(2)42/h10-12,25-26,29-31,34-35H,6-9,13-14H2,1-5H3,(H,38,48)(H,39,41).